The summed E-state index contributed by atoms with van der Waals surface area (Å²) in [6, 6.07) is 12.5. The highest BCUT2D eigenvalue weighted by atomic mass is 32.1. The number of thiophene rings is 1. The molecule has 1 aliphatic heterocycles. The highest BCUT2D eigenvalue weighted by molar-refractivity contribution is 7.14. The number of hydrogen-bond donors (Lipinski definition) is 1. The first-order valence-corrected chi connectivity index (χ1v) is 13.2. The molecule has 6 nitrogen and oxygen atoms in total. The molecule has 1 atom stereocenters. The van der Waals surface area contributed by atoms with Crippen LogP contribution in [0.1, 0.15) is 40.0 Å². The van der Waals surface area contributed by atoms with Crippen LogP contribution in [-0.2, 0) is 0 Å². The van der Waals surface area contributed by atoms with E-state index in [1.807, 2.05) is 54.7 Å². The zero-order chi connectivity index (χ0) is 26.4. The molecule has 0 unspecified atom stereocenters. The lowest BCUT2D eigenvalue weighted by molar-refractivity contribution is 0.0603. The third-order valence-corrected chi connectivity index (χ3v) is 7.33. The van der Waals surface area contributed by atoms with Crippen LogP contribution in [0.25, 0.3) is 10.4 Å². The Bertz CT molecular complexity index is 1250. The van der Waals surface area contributed by atoms with Gasteiger partial charge in [-0.2, -0.15) is 0 Å². The normalized spacial score (nSPS) is 15.6. The number of nitrogens with zero attached hydrogens (tertiary/aromatic N) is 2. The minimum absolute atomic E-state index is 0.0420. The number of halogens is 2. The van der Waals surface area contributed by atoms with Crippen molar-refractivity contribution in [2.45, 2.75) is 25.3 Å². The lowest BCUT2D eigenvalue weighted by Gasteiger charge is -2.36. The summed E-state index contributed by atoms with van der Waals surface area (Å²) in [4.78, 5) is 31.0. The van der Waals surface area contributed by atoms with Gasteiger partial charge in [-0.1, -0.05) is 12.1 Å². The van der Waals surface area contributed by atoms with Crippen molar-refractivity contribution in [3.63, 3.8) is 0 Å². The van der Waals surface area contributed by atoms with Gasteiger partial charge in [0.1, 0.15) is 12.4 Å². The molecule has 0 radical (unpaired) electrons. The highest BCUT2D eigenvalue weighted by Gasteiger charge is 2.30. The van der Waals surface area contributed by atoms with Crippen molar-refractivity contribution < 1.29 is 23.1 Å². The van der Waals surface area contributed by atoms with E-state index in [9.17, 15) is 18.4 Å². The molecule has 1 N–H and O–H groups in total. The molecule has 1 saturated heterocycles. The third-order valence-electron chi connectivity index (χ3n) is 6.37. The molecular formula is C28H31F2N3O3S. The number of nitrogens with one attached hydrogen (secondary N) is 1. The minimum Gasteiger partial charge on any atom is -0.492 e. The Hall–Kier alpha value is -3.30. The van der Waals surface area contributed by atoms with Crippen LogP contribution in [0.3, 0.4) is 0 Å². The Labute approximate surface area is 219 Å². The Morgan fingerprint density at radius 2 is 1.95 bits per heavy atom. The number of hydrogen-bond acceptors (Lipinski definition) is 5. The van der Waals surface area contributed by atoms with Gasteiger partial charge in [0.15, 0.2) is 11.6 Å². The van der Waals surface area contributed by atoms with Crippen molar-refractivity contribution in [2.24, 2.45) is 0 Å². The first-order chi connectivity index (χ1) is 17.8. The van der Waals surface area contributed by atoms with E-state index in [0.29, 0.717) is 18.7 Å². The van der Waals surface area contributed by atoms with Gasteiger partial charge in [0, 0.05) is 36.1 Å². The van der Waals surface area contributed by atoms with Crippen molar-refractivity contribution in [3.05, 3.63) is 76.7 Å². The Morgan fingerprint density at radius 3 is 2.73 bits per heavy atom. The largest absolute Gasteiger partial charge is 0.492 e. The van der Waals surface area contributed by atoms with Gasteiger partial charge < -0.3 is 19.9 Å². The maximum atomic E-state index is 13.7. The van der Waals surface area contributed by atoms with Crippen LogP contribution in [0, 0.1) is 11.6 Å². The van der Waals surface area contributed by atoms with Crippen LogP contribution in [0.4, 0.5) is 8.78 Å². The molecule has 0 bridgehead atoms. The Morgan fingerprint density at radius 1 is 1.11 bits per heavy atom. The molecular weight excluding hydrogens is 496 g/mol. The van der Waals surface area contributed by atoms with Crippen molar-refractivity contribution >= 4 is 23.2 Å². The molecule has 1 fully saturated rings. The van der Waals surface area contributed by atoms with Gasteiger partial charge in [-0.3, -0.25) is 9.59 Å². The van der Waals surface area contributed by atoms with Gasteiger partial charge in [0.2, 0.25) is 0 Å². The molecule has 3 aromatic rings. The van der Waals surface area contributed by atoms with E-state index >= 15 is 0 Å². The van der Waals surface area contributed by atoms with Crippen LogP contribution >= 0.6 is 11.3 Å². The number of ether oxygens (including phenoxy) is 1. The zero-order valence-electron chi connectivity index (χ0n) is 21.0. The number of piperidine rings is 1. The fourth-order valence-electron chi connectivity index (χ4n) is 4.36. The number of rotatable bonds is 9. The summed E-state index contributed by atoms with van der Waals surface area (Å²) in [5.41, 5.74) is 1.58. The summed E-state index contributed by atoms with van der Waals surface area (Å²) in [5.74, 6) is -1.90. The maximum absolute atomic E-state index is 13.7. The van der Waals surface area contributed by atoms with Crippen molar-refractivity contribution in [3.8, 4) is 16.2 Å². The zero-order valence-corrected chi connectivity index (χ0v) is 21.8. The molecule has 0 aliphatic carbocycles. The summed E-state index contributed by atoms with van der Waals surface area (Å²) >= 11 is 1.50. The van der Waals surface area contributed by atoms with Gasteiger partial charge in [0.25, 0.3) is 11.8 Å². The predicted molar refractivity (Wildman–Crippen MR) is 141 cm³/mol. The fraction of sp³-hybridized carbons (Fsp3) is 0.357. The monoisotopic (exact) mass is 527 g/mol. The summed E-state index contributed by atoms with van der Waals surface area (Å²) in [5, 5.41) is 4.70. The topological polar surface area (TPSA) is 61.9 Å². The smallest absolute Gasteiger partial charge is 0.255 e. The van der Waals surface area contributed by atoms with E-state index in [-0.39, 0.29) is 24.1 Å². The molecule has 2 heterocycles. The minimum atomic E-state index is -1.07. The molecule has 4 rings (SSSR count). The SMILES string of the molecule is CN(C)CCOc1cccc(-c2sccc2C(=O)N2CCCC[C@H]2CNC(=O)c2ccc(F)c(F)c2)c1. The van der Waals surface area contributed by atoms with Crippen LogP contribution in [0.15, 0.2) is 53.9 Å². The Kier molecular flexibility index (Phi) is 8.89. The van der Waals surface area contributed by atoms with E-state index in [1.54, 1.807) is 0 Å². The van der Waals surface area contributed by atoms with E-state index in [1.165, 1.54) is 17.4 Å². The van der Waals surface area contributed by atoms with Crippen molar-refractivity contribution in [1.29, 1.82) is 0 Å². The molecule has 196 valence electrons. The summed E-state index contributed by atoms with van der Waals surface area (Å²) in [6.45, 7) is 2.19. The lowest BCUT2D eigenvalue weighted by Crippen LogP contribution is -2.49. The number of carbonyl (C=O) groups excluding carboxylic acids is 2. The summed E-state index contributed by atoms with van der Waals surface area (Å²) in [6.07, 6.45) is 2.57. The maximum Gasteiger partial charge on any atom is 0.255 e. The summed E-state index contributed by atoms with van der Waals surface area (Å²) in [7, 11) is 3.98. The molecule has 1 aliphatic rings. The van der Waals surface area contributed by atoms with E-state index in [2.05, 4.69) is 10.2 Å². The molecule has 2 amide bonds. The number of benzene rings is 2. The van der Waals surface area contributed by atoms with E-state index in [4.69, 9.17) is 4.74 Å². The first-order valence-electron chi connectivity index (χ1n) is 12.3. The lowest BCUT2D eigenvalue weighted by atomic mass is 10.00. The molecule has 1 aromatic heterocycles. The predicted octanol–water partition coefficient (Wildman–Crippen LogP) is 5.06. The van der Waals surface area contributed by atoms with E-state index in [0.717, 1.165) is 54.1 Å². The second-order valence-electron chi connectivity index (χ2n) is 9.33. The van der Waals surface area contributed by atoms with Gasteiger partial charge in [-0.25, -0.2) is 8.78 Å². The number of amides is 2. The molecule has 9 heteroatoms. The second-order valence-corrected chi connectivity index (χ2v) is 10.2. The van der Waals surface area contributed by atoms with E-state index < -0.39 is 17.5 Å². The van der Waals surface area contributed by atoms with Gasteiger partial charge in [-0.05, 0) is 80.7 Å². The molecule has 0 saturated carbocycles. The van der Waals surface area contributed by atoms with Crippen LogP contribution in [-0.4, -0.2) is 68.0 Å². The number of likely N-dealkylation sites (N-methyl/N-ethyl adjacent to an activating group) is 1. The summed E-state index contributed by atoms with van der Waals surface area (Å²) < 4.78 is 32.6. The Balaban J connectivity index is 1.46. The van der Waals surface area contributed by atoms with Gasteiger partial charge in [-0.15, -0.1) is 11.3 Å². The number of carbonyl (C=O) groups is 2. The molecule has 2 aromatic carbocycles. The molecule has 0 spiro atoms. The quantitative estimate of drug-likeness (QED) is 0.423. The second kappa shape index (κ2) is 12.3. The number of likely N-dealkylation sites (tertiary alicyclic amines) is 1. The van der Waals surface area contributed by atoms with Crippen molar-refractivity contribution in [2.75, 3.05) is 40.3 Å². The fourth-order valence-corrected chi connectivity index (χ4v) is 5.24. The van der Waals surface area contributed by atoms with Gasteiger partial charge in [0.05, 0.1) is 5.56 Å². The van der Waals surface area contributed by atoms with Gasteiger partial charge >= 0.3 is 0 Å². The van der Waals surface area contributed by atoms with Crippen LogP contribution < -0.4 is 10.1 Å². The van der Waals surface area contributed by atoms with Crippen LogP contribution in [0.2, 0.25) is 0 Å². The van der Waals surface area contributed by atoms with Crippen LogP contribution in [0.5, 0.6) is 5.75 Å². The molecule has 37 heavy (non-hydrogen) atoms. The first kappa shape index (κ1) is 26.8. The third kappa shape index (κ3) is 6.72. The standard InChI is InChI=1S/C28H31F2N3O3S/c1-32(2)13-14-36-22-8-5-6-19(16-22)26-23(11-15-37-26)28(35)33-12-4-3-7-21(33)18-31-27(34)20-9-10-24(29)25(30)17-20/h5-6,8-11,15-17,21H,3-4,7,12-14,18H2,1-2H3,(H,31,34)/t21-/m0/s1. The van der Waals surface area contributed by atoms with Crippen molar-refractivity contribution in [1.82, 2.24) is 15.1 Å². The average Bonchev–Trinajstić information content (AvgIpc) is 3.39. The highest BCUT2D eigenvalue weighted by Crippen LogP contribution is 2.33. The average molecular weight is 528 g/mol.